The Bertz CT molecular complexity index is 986. The summed E-state index contributed by atoms with van der Waals surface area (Å²) in [5.41, 5.74) is 0.911. The zero-order chi connectivity index (χ0) is 19.6. The number of carbonyl (C=O) groups excluding carboxylic acids is 1. The van der Waals surface area contributed by atoms with Crippen LogP contribution in [0.3, 0.4) is 0 Å². The minimum atomic E-state index is -0.335. The number of benzene rings is 3. The summed E-state index contributed by atoms with van der Waals surface area (Å²) >= 11 is 1.64. The van der Waals surface area contributed by atoms with Gasteiger partial charge in [0.25, 0.3) is 0 Å². The van der Waals surface area contributed by atoms with E-state index in [1.54, 1.807) is 11.8 Å². The van der Waals surface area contributed by atoms with Crippen molar-refractivity contribution in [3.05, 3.63) is 60.2 Å². The minimum absolute atomic E-state index is 0.0892. The first kappa shape index (κ1) is 19.3. The lowest BCUT2D eigenvalue weighted by molar-refractivity contribution is -0.158. The van der Waals surface area contributed by atoms with E-state index in [9.17, 15) is 4.79 Å². The van der Waals surface area contributed by atoms with E-state index in [1.807, 2.05) is 0 Å². The number of hydrogen-bond acceptors (Lipinski definition) is 3. The van der Waals surface area contributed by atoms with Crippen molar-refractivity contribution in [1.82, 2.24) is 0 Å². The number of carbonyl (C=O) groups is 1. The first-order chi connectivity index (χ1) is 13.5. The van der Waals surface area contributed by atoms with E-state index in [0.717, 1.165) is 5.75 Å². The van der Waals surface area contributed by atoms with E-state index in [4.69, 9.17) is 4.74 Å². The fraction of sp³-hybridized carbons (Fsp3) is 0.400. The van der Waals surface area contributed by atoms with E-state index >= 15 is 0 Å². The number of rotatable bonds is 6. The molecule has 2 nitrogen and oxygen atoms in total. The van der Waals surface area contributed by atoms with Gasteiger partial charge in [0.05, 0.1) is 5.75 Å². The Morgan fingerprint density at radius 1 is 0.964 bits per heavy atom. The van der Waals surface area contributed by atoms with Crippen molar-refractivity contribution in [1.29, 1.82) is 0 Å². The van der Waals surface area contributed by atoms with E-state index in [0.29, 0.717) is 11.7 Å². The summed E-state index contributed by atoms with van der Waals surface area (Å²) in [7, 11) is 0. The summed E-state index contributed by atoms with van der Waals surface area (Å²) in [6.07, 6.45) is 4.88. The number of fused-ring (bicyclic) bond motifs is 2. The molecule has 0 amide bonds. The molecule has 0 N–H and O–H groups in total. The van der Waals surface area contributed by atoms with Crippen LogP contribution in [0.15, 0.2) is 54.6 Å². The first-order valence-electron chi connectivity index (χ1n) is 10.2. The molecule has 1 fully saturated rings. The standard InChI is InChI=1S/C25H28O2S/c1-25(2,23-9-5-6-10-23)27-24(26)17-28-16-18-11-12-21-14-19-7-3-4-8-20(19)15-22(21)13-18/h3-4,7-8,11-15,23H,5-6,9-10,16-17H2,1-2H3. The molecule has 0 unspecified atom stereocenters. The Morgan fingerprint density at radius 3 is 2.32 bits per heavy atom. The first-order valence-corrected chi connectivity index (χ1v) is 11.4. The van der Waals surface area contributed by atoms with Crippen molar-refractivity contribution in [2.45, 2.75) is 50.9 Å². The average molecular weight is 393 g/mol. The van der Waals surface area contributed by atoms with Gasteiger partial charge in [-0.2, -0.15) is 0 Å². The van der Waals surface area contributed by atoms with Gasteiger partial charge < -0.3 is 4.74 Å². The Balaban J connectivity index is 1.36. The third kappa shape index (κ3) is 4.35. The number of hydrogen-bond donors (Lipinski definition) is 0. The Labute approximate surface area is 171 Å². The molecule has 3 aromatic rings. The maximum atomic E-state index is 12.3. The molecule has 0 bridgehead atoms. The molecule has 3 heteroatoms. The molecular weight excluding hydrogens is 364 g/mol. The van der Waals surface area contributed by atoms with Crippen molar-refractivity contribution in [3.63, 3.8) is 0 Å². The minimum Gasteiger partial charge on any atom is -0.459 e. The number of thioether (sulfide) groups is 1. The third-order valence-electron chi connectivity index (χ3n) is 5.97. The monoisotopic (exact) mass is 392 g/mol. The molecule has 1 aliphatic rings. The zero-order valence-corrected chi connectivity index (χ0v) is 17.6. The topological polar surface area (TPSA) is 26.3 Å². The van der Waals surface area contributed by atoms with Gasteiger partial charge in [0.2, 0.25) is 0 Å². The smallest absolute Gasteiger partial charge is 0.316 e. The highest BCUT2D eigenvalue weighted by Crippen LogP contribution is 2.36. The summed E-state index contributed by atoms with van der Waals surface area (Å²) in [5.74, 6) is 1.65. The van der Waals surface area contributed by atoms with Gasteiger partial charge in [0, 0.05) is 5.75 Å². The lowest BCUT2D eigenvalue weighted by Gasteiger charge is -2.31. The van der Waals surface area contributed by atoms with Crippen LogP contribution in [0.25, 0.3) is 21.5 Å². The molecule has 3 aromatic carbocycles. The SMILES string of the molecule is CC(C)(OC(=O)CSCc1ccc2cc3ccccc3cc2c1)C1CCCC1. The quantitative estimate of drug-likeness (QED) is 0.343. The molecule has 0 aliphatic heterocycles. The molecule has 0 saturated heterocycles. The van der Waals surface area contributed by atoms with Gasteiger partial charge in [-0.25, -0.2) is 0 Å². The van der Waals surface area contributed by atoms with Crippen LogP contribution in [-0.2, 0) is 15.3 Å². The summed E-state index contributed by atoms with van der Waals surface area (Å²) in [6, 6.07) is 19.5. The second-order valence-corrected chi connectivity index (χ2v) is 9.42. The average Bonchev–Trinajstić information content (AvgIpc) is 3.22. The van der Waals surface area contributed by atoms with Gasteiger partial charge in [-0.1, -0.05) is 55.3 Å². The Morgan fingerprint density at radius 2 is 1.61 bits per heavy atom. The maximum Gasteiger partial charge on any atom is 0.316 e. The highest BCUT2D eigenvalue weighted by molar-refractivity contribution is 7.99. The predicted molar refractivity (Wildman–Crippen MR) is 120 cm³/mol. The number of ether oxygens (including phenoxy) is 1. The largest absolute Gasteiger partial charge is 0.459 e. The molecule has 1 aliphatic carbocycles. The van der Waals surface area contributed by atoms with Gasteiger partial charge in [-0.05, 0) is 71.8 Å². The number of esters is 1. The van der Waals surface area contributed by atoms with Crippen LogP contribution < -0.4 is 0 Å². The van der Waals surface area contributed by atoms with Crippen LogP contribution in [0.2, 0.25) is 0 Å². The molecule has 146 valence electrons. The van der Waals surface area contributed by atoms with Crippen LogP contribution >= 0.6 is 11.8 Å². The van der Waals surface area contributed by atoms with Gasteiger partial charge in [0.1, 0.15) is 5.60 Å². The zero-order valence-electron chi connectivity index (χ0n) is 16.7. The predicted octanol–water partition coefficient (Wildman–Crippen LogP) is 6.74. The van der Waals surface area contributed by atoms with Crippen molar-refractivity contribution in [3.8, 4) is 0 Å². The molecule has 0 atom stereocenters. The van der Waals surface area contributed by atoms with Gasteiger partial charge in [-0.15, -0.1) is 11.8 Å². The van der Waals surface area contributed by atoms with Crippen molar-refractivity contribution < 1.29 is 9.53 Å². The summed E-state index contributed by atoms with van der Waals surface area (Å²) < 4.78 is 5.82. The van der Waals surface area contributed by atoms with E-state index in [1.165, 1.54) is 52.8 Å². The molecule has 0 spiro atoms. The second-order valence-electron chi connectivity index (χ2n) is 8.43. The Kier molecular flexibility index (Phi) is 5.63. The van der Waals surface area contributed by atoms with Crippen LogP contribution in [-0.4, -0.2) is 17.3 Å². The van der Waals surface area contributed by atoms with E-state index in [2.05, 4.69) is 68.4 Å². The van der Waals surface area contributed by atoms with Crippen LogP contribution in [0.5, 0.6) is 0 Å². The normalized spacial score (nSPS) is 15.4. The Hall–Kier alpha value is -2.00. The molecule has 0 radical (unpaired) electrons. The molecule has 28 heavy (non-hydrogen) atoms. The van der Waals surface area contributed by atoms with Gasteiger partial charge in [-0.3, -0.25) is 4.79 Å². The van der Waals surface area contributed by atoms with Crippen LogP contribution in [0.1, 0.15) is 45.1 Å². The summed E-state index contributed by atoms with van der Waals surface area (Å²) in [4.78, 5) is 12.3. The van der Waals surface area contributed by atoms with Crippen molar-refractivity contribution >= 4 is 39.3 Å². The third-order valence-corrected chi connectivity index (χ3v) is 6.95. The molecule has 0 aromatic heterocycles. The molecule has 1 saturated carbocycles. The van der Waals surface area contributed by atoms with Gasteiger partial charge >= 0.3 is 5.97 Å². The summed E-state index contributed by atoms with van der Waals surface area (Å²) in [5, 5.41) is 5.04. The highest BCUT2D eigenvalue weighted by Gasteiger charge is 2.34. The highest BCUT2D eigenvalue weighted by atomic mass is 32.2. The van der Waals surface area contributed by atoms with Crippen LogP contribution in [0.4, 0.5) is 0 Å². The lowest BCUT2D eigenvalue weighted by Crippen LogP contribution is -2.36. The van der Waals surface area contributed by atoms with Crippen molar-refractivity contribution in [2.24, 2.45) is 5.92 Å². The van der Waals surface area contributed by atoms with Gasteiger partial charge in [0.15, 0.2) is 0 Å². The summed E-state index contributed by atoms with van der Waals surface area (Å²) in [6.45, 7) is 4.14. The van der Waals surface area contributed by atoms with E-state index < -0.39 is 0 Å². The van der Waals surface area contributed by atoms with Crippen molar-refractivity contribution in [2.75, 3.05) is 5.75 Å². The fourth-order valence-electron chi connectivity index (χ4n) is 4.36. The fourth-order valence-corrected chi connectivity index (χ4v) is 5.10. The lowest BCUT2D eigenvalue weighted by atomic mass is 9.89. The molecular formula is C25H28O2S. The maximum absolute atomic E-state index is 12.3. The molecule has 0 heterocycles. The van der Waals surface area contributed by atoms with E-state index in [-0.39, 0.29) is 11.6 Å². The molecule has 4 rings (SSSR count). The second kappa shape index (κ2) is 8.16. The van der Waals surface area contributed by atoms with Crippen LogP contribution in [0, 0.1) is 5.92 Å².